The van der Waals surface area contributed by atoms with Crippen LogP contribution in [0.2, 0.25) is 0 Å². The summed E-state index contributed by atoms with van der Waals surface area (Å²) < 4.78 is 42.1. The molecule has 0 unspecified atom stereocenters. The SMILES string of the molecule is CCCCOc1cc(C(F)(F)F)ccc1O. The van der Waals surface area contributed by atoms with E-state index < -0.39 is 11.7 Å². The summed E-state index contributed by atoms with van der Waals surface area (Å²) in [5.74, 6) is -0.396. The summed E-state index contributed by atoms with van der Waals surface area (Å²) in [6, 6.07) is 2.62. The number of phenols is 1. The van der Waals surface area contributed by atoms with Crippen molar-refractivity contribution < 1.29 is 23.0 Å². The third-order valence-electron chi connectivity index (χ3n) is 2.04. The minimum Gasteiger partial charge on any atom is -0.504 e. The molecule has 0 aliphatic carbocycles. The van der Waals surface area contributed by atoms with Crippen LogP contribution in [0.4, 0.5) is 13.2 Å². The van der Waals surface area contributed by atoms with Gasteiger partial charge in [0.1, 0.15) is 0 Å². The van der Waals surface area contributed by atoms with Crippen molar-refractivity contribution >= 4 is 0 Å². The molecule has 2 nitrogen and oxygen atoms in total. The third kappa shape index (κ3) is 3.32. The Hall–Kier alpha value is -1.39. The van der Waals surface area contributed by atoms with Gasteiger partial charge in [-0.2, -0.15) is 13.2 Å². The van der Waals surface area contributed by atoms with Crippen molar-refractivity contribution in [3.8, 4) is 11.5 Å². The Kier molecular flexibility index (Phi) is 4.04. The average Bonchev–Trinajstić information content (AvgIpc) is 2.19. The van der Waals surface area contributed by atoms with E-state index in [1.807, 2.05) is 6.92 Å². The number of phenolic OH excluding ortho intramolecular Hbond substituents is 1. The summed E-state index contributed by atoms with van der Waals surface area (Å²) in [5, 5.41) is 9.31. The molecule has 0 saturated heterocycles. The molecular weight excluding hydrogens is 221 g/mol. The molecule has 0 aliphatic rings. The van der Waals surface area contributed by atoms with Crippen molar-refractivity contribution in [2.24, 2.45) is 0 Å². The first-order valence-electron chi connectivity index (χ1n) is 4.98. The average molecular weight is 234 g/mol. The van der Waals surface area contributed by atoms with E-state index in [0.29, 0.717) is 6.61 Å². The van der Waals surface area contributed by atoms with Gasteiger partial charge in [0.15, 0.2) is 11.5 Å². The second-order valence-electron chi connectivity index (χ2n) is 3.38. The van der Waals surface area contributed by atoms with Crippen LogP contribution in [0.1, 0.15) is 25.3 Å². The Morgan fingerprint density at radius 3 is 2.56 bits per heavy atom. The highest BCUT2D eigenvalue weighted by atomic mass is 19.4. The van der Waals surface area contributed by atoms with E-state index in [9.17, 15) is 18.3 Å². The van der Waals surface area contributed by atoms with Crippen molar-refractivity contribution in [1.82, 2.24) is 0 Å². The second kappa shape index (κ2) is 5.09. The number of benzene rings is 1. The molecule has 16 heavy (non-hydrogen) atoms. The molecule has 5 heteroatoms. The zero-order valence-electron chi connectivity index (χ0n) is 8.84. The molecule has 0 amide bonds. The van der Waals surface area contributed by atoms with Crippen LogP contribution in [-0.4, -0.2) is 11.7 Å². The van der Waals surface area contributed by atoms with E-state index >= 15 is 0 Å². The number of hydrogen-bond donors (Lipinski definition) is 1. The molecule has 90 valence electrons. The summed E-state index contributed by atoms with van der Waals surface area (Å²) in [7, 11) is 0. The Balaban J connectivity index is 2.83. The van der Waals surface area contributed by atoms with Gasteiger partial charge in [-0.15, -0.1) is 0 Å². The number of halogens is 3. The normalized spacial score (nSPS) is 11.5. The van der Waals surface area contributed by atoms with Crippen LogP contribution in [-0.2, 0) is 6.18 Å². The molecule has 0 saturated carbocycles. The molecule has 0 bridgehead atoms. The van der Waals surface area contributed by atoms with E-state index in [4.69, 9.17) is 4.74 Å². The maximum absolute atomic E-state index is 12.4. The van der Waals surface area contributed by atoms with E-state index in [0.717, 1.165) is 31.0 Å². The molecule has 1 aromatic carbocycles. The first kappa shape index (κ1) is 12.7. The standard InChI is InChI=1S/C11H13F3O2/c1-2-3-6-16-10-7-8(11(12,13)14)4-5-9(10)15/h4-5,7,15H,2-3,6H2,1H3. The van der Waals surface area contributed by atoms with E-state index in [-0.39, 0.29) is 11.5 Å². The van der Waals surface area contributed by atoms with Gasteiger partial charge in [-0.3, -0.25) is 0 Å². The Morgan fingerprint density at radius 1 is 1.31 bits per heavy atom. The predicted octanol–water partition coefficient (Wildman–Crippen LogP) is 3.59. The molecule has 1 rings (SSSR count). The van der Waals surface area contributed by atoms with Crippen LogP contribution in [0, 0.1) is 0 Å². The van der Waals surface area contributed by atoms with Crippen LogP contribution in [0.25, 0.3) is 0 Å². The van der Waals surface area contributed by atoms with Gasteiger partial charge in [-0.25, -0.2) is 0 Å². The molecular formula is C11H13F3O2. The van der Waals surface area contributed by atoms with Crippen molar-refractivity contribution in [3.63, 3.8) is 0 Å². The van der Waals surface area contributed by atoms with Crippen LogP contribution < -0.4 is 4.74 Å². The minimum atomic E-state index is -4.42. The van der Waals surface area contributed by atoms with Crippen LogP contribution in [0.3, 0.4) is 0 Å². The lowest BCUT2D eigenvalue weighted by Gasteiger charge is -2.11. The quantitative estimate of drug-likeness (QED) is 0.806. The van der Waals surface area contributed by atoms with Crippen LogP contribution >= 0.6 is 0 Å². The van der Waals surface area contributed by atoms with Gasteiger partial charge in [0.25, 0.3) is 0 Å². The van der Waals surface area contributed by atoms with Gasteiger partial charge < -0.3 is 9.84 Å². The maximum Gasteiger partial charge on any atom is 0.416 e. The van der Waals surface area contributed by atoms with Crippen LogP contribution in [0.15, 0.2) is 18.2 Å². The van der Waals surface area contributed by atoms with Gasteiger partial charge in [0.2, 0.25) is 0 Å². The molecule has 0 radical (unpaired) electrons. The molecule has 1 aromatic rings. The Bertz CT molecular complexity index is 348. The molecule has 0 atom stereocenters. The lowest BCUT2D eigenvalue weighted by atomic mass is 10.2. The number of ether oxygens (including phenoxy) is 1. The van der Waals surface area contributed by atoms with Gasteiger partial charge in [0, 0.05) is 0 Å². The zero-order valence-corrected chi connectivity index (χ0v) is 8.84. The van der Waals surface area contributed by atoms with Crippen molar-refractivity contribution in [3.05, 3.63) is 23.8 Å². The molecule has 0 aromatic heterocycles. The van der Waals surface area contributed by atoms with Crippen molar-refractivity contribution in [1.29, 1.82) is 0 Å². The fourth-order valence-electron chi connectivity index (χ4n) is 1.13. The van der Waals surface area contributed by atoms with E-state index in [1.165, 1.54) is 0 Å². The van der Waals surface area contributed by atoms with E-state index in [1.54, 1.807) is 0 Å². The van der Waals surface area contributed by atoms with Gasteiger partial charge in [0.05, 0.1) is 12.2 Å². The summed E-state index contributed by atoms with van der Waals surface area (Å²) in [5.41, 5.74) is -0.822. The number of alkyl halides is 3. The van der Waals surface area contributed by atoms with E-state index in [2.05, 4.69) is 0 Å². The molecule has 0 heterocycles. The summed E-state index contributed by atoms with van der Waals surface area (Å²) in [6.45, 7) is 2.24. The predicted molar refractivity (Wildman–Crippen MR) is 53.5 cm³/mol. The van der Waals surface area contributed by atoms with Crippen LogP contribution in [0.5, 0.6) is 11.5 Å². The number of unbranched alkanes of at least 4 members (excludes halogenated alkanes) is 1. The van der Waals surface area contributed by atoms with Gasteiger partial charge >= 0.3 is 6.18 Å². The number of rotatable bonds is 4. The lowest BCUT2D eigenvalue weighted by molar-refractivity contribution is -0.137. The first-order valence-corrected chi connectivity index (χ1v) is 4.98. The Morgan fingerprint density at radius 2 is 2.00 bits per heavy atom. The van der Waals surface area contributed by atoms with Crippen molar-refractivity contribution in [2.75, 3.05) is 6.61 Å². The fourth-order valence-corrected chi connectivity index (χ4v) is 1.13. The second-order valence-corrected chi connectivity index (χ2v) is 3.38. The molecule has 1 N–H and O–H groups in total. The van der Waals surface area contributed by atoms with Gasteiger partial charge in [-0.1, -0.05) is 13.3 Å². The largest absolute Gasteiger partial charge is 0.504 e. The number of aromatic hydroxyl groups is 1. The minimum absolute atomic E-state index is 0.122. The molecule has 0 fully saturated rings. The van der Waals surface area contributed by atoms with Crippen molar-refractivity contribution in [2.45, 2.75) is 25.9 Å². The maximum atomic E-state index is 12.4. The summed E-state index contributed by atoms with van der Waals surface area (Å²) in [6.07, 6.45) is -2.81. The number of hydrogen-bond acceptors (Lipinski definition) is 2. The Labute approximate surface area is 91.7 Å². The highest BCUT2D eigenvalue weighted by molar-refractivity contribution is 5.42. The lowest BCUT2D eigenvalue weighted by Crippen LogP contribution is -2.05. The molecule has 0 aliphatic heterocycles. The molecule has 0 spiro atoms. The highest BCUT2D eigenvalue weighted by Crippen LogP contribution is 2.35. The fraction of sp³-hybridized carbons (Fsp3) is 0.455. The monoisotopic (exact) mass is 234 g/mol. The van der Waals surface area contributed by atoms with Gasteiger partial charge in [-0.05, 0) is 24.6 Å². The zero-order chi connectivity index (χ0) is 12.2. The topological polar surface area (TPSA) is 29.5 Å². The third-order valence-corrected chi connectivity index (χ3v) is 2.04. The first-order chi connectivity index (χ1) is 7.45. The smallest absolute Gasteiger partial charge is 0.416 e. The highest BCUT2D eigenvalue weighted by Gasteiger charge is 2.31. The summed E-state index contributed by atoms with van der Waals surface area (Å²) >= 11 is 0. The summed E-state index contributed by atoms with van der Waals surface area (Å²) in [4.78, 5) is 0.